The molecule has 0 aliphatic heterocycles. The molecule has 1 aromatic heterocycles. The Balaban J connectivity index is 3.52. The molecule has 0 atom stereocenters. The monoisotopic (exact) mass is 273 g/mol. The lowest BCUT2D eigenvalue weighted by Crippen LogP contribution is -2.18. The molecule has 3 nitrogen and oxygen atoms in total. The summed E-state index contributed by atoms with van der Waals surface area (Å²) in [7, 11) is 0.753. The van der Waals surface area contributed by atoms with Crippen molar-refractivity contribution in [1.29, 1.82) is 0 Å². The molecular formula is C9H5F6NO2. The van der Waals surface area contributed by atoms with Crippen LogP contribution in [0, 0.1) is 5.95 Å². The number of nitrogens with zero attached hydrogens (tertiary/aromatic N) is 1. The van der Waals surface area contributed by atoms with Crippen molar-refractivity contribution in [3.8, 4) is 0 Å². The van der Waals surface area contributed by atoms with Crippen molar-refractivity contribution in [2.75, 3.05) is 7.11 Å². The Bertz CT molecular complexity index is 471. The molecule has 0 saturated heterocycles. The fourth-order valence-electron chi connectivity index (χ4n) is 1.13. The van der Waals surface area contributed by atoms with Crippen LogP contribution in [0.2, 0.25) is 0 Å². The van der Waals surface area contributed by atoms with E-state index in [1.807, 2.05) is 0 Å². The second-order valence-corrected chi connectivity index (χ2v) is 3.05. The molecule has 1 aromatic rings. The van der Waals surface area contributed by atoms with Gasteiger partial charge >= 0.3 is 12.1 Å². The van der Waals surface area contributed by atoms with Crippen LogP contribution < -0.4 is 0 Å². The molecule has 0 unspecified atom stereocenters. The third-order valence-corrected chi connectivity index (χ3v) is 1.92. The molecule has 0 aliphatic carbocycles. The van der Waals surface area contributed by atoms with E-state index in [9.17, 15) is 31.1 Å². The molecule has 1 heterocycles. The van der Waals surface area contributed by atoms with E-state index in [2.05, 4.69) is 9.72 Å². The zero-order valence-corrected chi connectivity index (χ0v) is 8.69. The van der Waals surface area contributed by atoms with Crippen molar-refractivity contribution in [3.63, 3.8) is 0 Å². The minimum atomic E-state index is -5.13. The minimum Gasteiger partial charge on any atom is -0.464 e. The SMILES string of the molecule is COC(=O)c1nc(F)c(C(F)F)cc1C(F)(F)F. The fraction of sp³-hybridized carbons (Fsp3) is 0.333. The van der Waals surface area contributed by atoms with Crippen LogP contribution in [0.1, 0.15) is 28.0 Å². The number of hydrogen-bond donors (Lipinski definition) is 0. The number of esters is 1. The van der Waals surface area contributed by atoms with E-state index in [-0.39, 0.29) is 6.07 Å². The average Bonchev–Trinajstić information content (AvgIpc) is 2.25. The van der Waals surface area contributed by atoms with Gasteiger partial charge in [0.1, 0.15) is 0 Å². The minimum absolute atomic E-state index is 0.154. The lowest BCUT2D eigenvalue weighted by Gasteiger charge is -2.12. The molecule has 0 aromatic carbocycles. The van der Waals surface area contributed by atoms with Crippen LogP contribution in [0.25, 0.3) is 0 Å². The molecule has 9 heteroatoms. The van der Waals surface area contributed by atoms with Gasteiger partial charge < -0.3 is 4.74 Å². The third kappa shape index (κ3) is 2.71. The molecule has 0 N–H and O–H groups in total. The molecule has 0 saturated carbocycles. The van der Waals surface area contributed by atoms with Gasteiger partial charge in [-0.25, -0.2) is 18.6 Å². The summed E-state index contributed by atoms with van der Waals surface area (Å²) in [6.45, 7) is 0. The summed E-state index contributed by atoms with van der Waals surface area (Å²) < 4.78 is 79.0. The number of methoxy groups -OCH3 is 1. The van der Waals surface area contributed by atoms with Crippen molar-refractivity contribution in [1.82, 2.24) is 4.98 Å². The van der Waals surface area contributed by atoms with E-state index >= 15 is 0 Å². The number of alkyl halides is 5. The second-order valence-electron chi connectivity index (χ2n) is 3.05. The molecule has 0 radical (unpaired) electrons. The number of hydrogen-bond acceptors (Lipinski definition) is 3. The van der Waals surface area contributed by atoms with Crippen LogP contribution in [-0.2, 0) is 10.9 Å². The Kier molecular flexibility index (Phi) is 3.82. The van der Waals surface area contributed by atoms with E-state index < -0.39 is 41.3 Å². The van der Waals surface area contributed by atoms with Gasteiger partial charge in [0.15, 0.2) is 5.69 Å². The first-order chi connectivity index (χ1) is 8.18. The van der Waals surface area contributed by atoms with Gasteiger partial charge in [-0.2, -0.15) is 17.6 Å². The number of ether oxygens (including phenoxy) is 1. The molecule has 0 aliphatic rings. The maximum atomic E-state index is 13.0. The molecule has 0 spiro atoms. The molecule has 18 heavy (non-hydrogen) atoms. The second kappa shape index (κ2) is 4.83. The van der Waals surface area contributed by atoms with Gasteiger partial charge in [-0.15, -0.1) is 0 Å². The Morgan fingerprint density at radius 3 is 2.33 bits per heavy atom. The standard InChI is InChI=1S/C9H5F6NO2/c1-18-8(17)5-4(9(13,14)15)2-3(6(10)11)7(12)16-5/h2,6H,1H3. The number of halogens is 6. The quantitative estimate of drug-likeness (QED) is 0.472. The highest BCUT2D eigenvalue weighted by atomic mass is 19.4. The number of pyridine rings is 1. The smallest absolute Gasteiger partial charge is 0.418 e. The van der Waals surface area contributed by atoms with Crippen LogP contribution in [0.4, 0.5) is 26.3 Å². The van der Waals surface area contributed by atoms with Crippen LogP contribution in [-0.4, -0.2) is 18.1 Å². The Hall–Kier alpha value is -1.80. The van der Waals surface area contributed by atoms with Gasteiger partial charge in [0.2, 0.25) is 5.95 Å². The number of carbonyl (C=O) groups excluding carboxylic acids is 1. The van der Waals surface area contributed by atoms with E-state index in [4.69, 9.17) is 0 Å². The van der Waals surface area contributed by atoms with E-state index in [0.29, 0.717) is 0 Å². The van der Waals surface area contributed by atoms with Crippen LogP contribution in [0.3, 0.4) is 0 Å². The fourth-order valence-corrected chi connectivity index (χ4v) is 1.13. The summed E-state index contributed by atoms with van der Waals surface area (Å²) in [5, 5.41) is 0. The summed E-state index contributed by atoms with van der Waals surface area (Å²) in [4.78, 5) is 13.6. The third-order valence-electron chi connectivity index (χ3n) is 1.92. The lowest BCUT2D eigenvalue weighted by atomic mass is 10.1. The summed E-state index contributed by atoms with van der Waals surface area (Å²) in [6.07, 6.45) is -8.61. The number of rotatable bonds is 2. The van der Waals surface area contributed by atoms with Crippen molar-refractivity contribution in [3.05, 3.63) is 28.8 Å². The van der Waals surface area contributed by atoms with Crippen molar-refractivity contribution in [2.45, 2.75) is 12.6 Å². The summed E-state index contributed by atoms with van der Waals surface area (Å²) in [5.74, 6) is -3.42. The first kappa shape index (κ1) is 14.3. The van der Waals surface area contributed by atoms with Gasteiger partial charge in [-0.05, 0) is 6.07 Å². The normalized spacial score (nSPS) is 11.8. The molecule has 0 amide bonds. The Labute approximate surface area is 96.4 Å². The van der Waals surface area contributed by atoms with Crippen LogP contribution >= 0.6 is 0 Å². The van der Waals surface area contributed by atoms with Gasteiger partial charge in [0, 0.05) is 0 Å². The molecule has 100 valence electrons. The van der Waals surface area contributed by atoms with Crippen molar-refractivity contribution in [2.24, 2.45) is 0 Å². The summed E-state index contributed by atoms with van der Waals surface area (Å²) in [6, 6.07) is -0.154. The lowest BCUT2D eigenvalue weighted by molar-refractivity contribution is -0.138. The summed E-state index contributed by atoms with van der Waals surface area (Å²) >= 11 is 0. The Morgan fingerprint density at radius 2 is 1.94 bits per heavy atom. The maximum absolute atomic E-state index is 13.0. The van der Waals surface area contributed by atoms with Crippen LogP contribution in [0.15, 0.2) is 6.07 Å². The largest absolute Gasteiger partial charge is 0.464 e. The van der Waals surface area contributed by atoms with E-state index in [1.165, 1.54) is 0 Å². The number of carbonyl (C=O) groups is 1. The first-order valence-electron chi connectivity index (χ1n) is 4.32. The predicted molar refractivity (Wildman–Crippen MR) is 45.5 cm³/mol. The average molecular weight is 273 g/mol. The van der Waals surface area contributed by atoms with E-state index in [0.717, 1.165) is 7.11 Å². The topological polar surface area (TPSA) is 39.2 Å². The Morgan fingerprint density at radius 1 is 1.39 bits per heavy atom. The predicted octanol–water partition coefficient (Wildman–Crippen LogP) is 2.96. The zero-order valence-electron chi connectivity index (χ0n) is 8.69. The highest BCUT2D eigenvalue weighted by Crippen LogP contribution is 2.34. The summed E-state index contributed by atoms with van der Waals surface area (Å²) in [5.41, 5.74) is -4.70. The zero-order chi connectivity index (χ0) is 14.1. The highest BCUT2D eigenvalue weighted by molar-refractivity contribution is 5.89. The van der Waals surface area contributed by atoms with Crippen molar-refractivity contribution >= 4 is 5.97 Å². The molecular weight excluding hydrogens is 268 g/mol. The maximum Gasteiger partial charge on any atom is 0.418 e. The van der Waals surface area contributed by atoms with E-state index in [1.54, 1.807) is 0 Å². The highest BCUT2D eigenvalue weighted by Gasteiger charge is 2.38. The van der Waals surface area contributed by atoms with Gasteiger partial charge in [-0.1, -0.05) is 0 Å². The molecule has 0 bridgehead atoms. The van der Waals surface area contributed by atoms with Crippen molar-refractivity contribution < 1.29 is 35.9 Å². The number of aromatic nitrogens is 1. The first-order valence-corrected chi connectivity index (χ1v) is 4.32. The van der Waals surface area contributed by atoms with Gasteiger partial charge in [0.25, 0.3) is 6.43 Å². The molecule has 1 rings (SSSR count). The van der Waals surface area contributed by atoms with Gasteiger partial charge in [0.05, 0.1) is 18.2 Å². The molecule has 0 fully saturated rings. The van der Waals surface area contributed by atoms with Gasteiger partial charge in [-0.3, -0.25) is 0 Å². The van der Waals surface area contributed by atoms with Crippen LogP contribution in [0.5, 0.6) is 0 Å².